The highest BCUT2D eigenvalue weighted by molar-refractivity contribution is 5.31. The average molecular weight is 371 g/mol. The molecule has 0 fully saturated rings. The smallest absolute Gasteiger partial charge is 0.245 e. The Balaban J connectivity index is 1.85. The number of hydrogen-bond acceptors (Lipinski definition) is 2. The fourth-order valence-corrected chi connectivity index (χ4v) is 3.25. The molecule has 5 nitrogen and oxygen atoms in total. The van der Waals surface area contributed by atoms with E-state index < -0.39 is 0 Å². The van der Waals surface area contributed by atoms with Crippen molar-refractivity contribution in [2.75, 3.05) is 0 Å². The number of aromatic nitrogens is 3. The van der Waals surface area contributed by atoms with Gasteiger partial charge < -0.3 is 0 Å². The molecule has 0 saturated heterocycles. The third-order valence-electron chi connectivity index (χ3n) is 4.76. The summed E-state index contributed by atoms with van der Waals surface area (Å²) >= 11 is 0. The second-order valence-electron chi connectivity index (χ2n) is 6.82. The molecule has 0 saturated carbocycles. The third kappa shape index (κ3) is 3.47. The van der Waals surface area contributed by atoms with E-state index >= 15 is 0 Å². The lowest BCUT2D eigenvalue weighted by molar-refractivity contribution is 0.490. The van der Waals surface area contributed by atoms with E-state index in [0.29, 0.717) is 18.8 Å². The van der Waals surface area contributed by atoms with E-state index in [9.17, 15) is 9.59 Å². The van der Waals surface area contributed by atoms with E-state index in [1.807, 2.05) is 79.7 Å². The normalized spacial score (nSPS) is 10.9. The van der Waals surface area contributed by atoms with Crippen molar-refractivity contribution in [2.24, 2.45) is 0 Å². The van der Waals surface area contributed by atoms with Gasteiger partial charge in [-0.3, -0.25) is 0 Å². The van der Waals surface area contributed by atoms with Gasteiger partial charge in [0.05, 0.1) is 18.8 Å². The Labute approximate surface area is 162 Å². The van der Waals surface area contributed by atoms with Gasteiger partial charge in [-0.05, 0) is 30.2 Å². The molecule has 0 unspecified atom stereocenters. The van der Waals surface area contributed by atoms with Crippen LogP contribution in [0, 0.1) is 6.92 Å². The Kier molecular flexibility index (Phi) is 4.81. The van der Waals surface area contributed by atoms with Crippen molar-refractivity contribution < 1.29 is 0 Å². The van der Waals surface area contributed by atoms with Crippen LogP contribution in [0.15, 0.2) is 94.5 Å². The zero-order chi connectivity index (χ0) is 19.5. The molecule has 140 valence electrons. The summed E-state index contributed by atoms with van der Waals surface area (Å²) in [6.07, 6.45) is 0. The Morgan fingerprint density at radius 2 is 1.07 bits per heavy atom. The molecule has 0 amide bonds. The largest absolute Gasteiger partial charge is 0.352 e. The minimum atomic E-state index is -0.341. The van der Waals surface area contributed by atoms with Crippen LogP contribution in [0.4, 0.5) is 0 Å². The van der Waals surface area contributed by atoms with Crippen molar-refractivity contribution in [1.82, 2.24) is 13.9 Å². The number of aryl methyl sites for hydroxylation is 1. The minimum Gasteiger partial charge on any atom is -0.245 e. The zero-order valence-electron chi connectivity index (χ0n) is 15.7. The number of rotatable bonds is 5. The molecule has 1 aromatic heterocycles. The van der Waals surface area contributed by atoms with Crippen LogP contribution in [0.1, 0.15) is 16.7 Å². The van der Waals surface area contributed by atoms with E-state index in [2.05, 4.69) is 0 Å². The van der Waals surface area contributed by atoms with Crippen LogP contribution in [0.25, 0.3) is 5.69 Å². The molecular formula is C23H21N3O2. The van der Waals surface area contributed by atoms with Gasteiger partial charge in [0.1, 0.15) is 0 Å². The maximum absolute atomic E-state index is 13.2. The zero-order valence-corrected chi connectivity index (χ0v) is 15.7. The molecule has 0 spiro atoms. The molecule has 1 heterocycles. The topological polar surface area (TPSA) is 48.9 Å². The highest BCUT2D eigenvalue weighted by atomic mass is 16.2. The molecule has 5 heteroatoms. The van der Waals surface area contributed by atoms with E-state index in [-0.39, 0.29) is 11.4 Å². The van der Waals surface area contributed by atoms with Gasteiger partial charge in [0.15, 0.2) is 0 Å². The lowest BCUT2D eigenvalue weighted by Gasteiger charge is -2.10. The molecule has 0 aliphatic rings. The van der Waals surface area contributed by atoms with E-state index in [1.54, 1.807) is 12.1 Å². The summed E-state index contributed by atoms with van der Waals surface area (Å²) in [6.45, 7) is 2.69. The summed E-state index contributed by atoms with van der Waals surface area (Å²) < 4.78 is 4.27. The molecule has 0 radical (unpaired) electrons. The molecule has 4 aromatic rings. The predicted octanol–water partition coefficient (Wildman–Crippen LogP) is 3.21. The Morgan fingerprint density at radius 1 is 0.607 bits per heavy atom. The summed E-state index contributed by atoms with van der Waals surface area (Å²) in [7, 11) is 0. The Hall–Kier alpha value is -3.60. The molecular weight excluding hydrogens is 350 g/mol. The molecule has 0 aliphatic carbocycles. The van der Waals surface area contributed by atoms with Crippen molar-refractivity contribution in [3.63, 3.8) is 0 Å². The van der Waals surface area contributed by atoms with Crippen LogP contribution in [-0.4, -0.2) is 13.9 Å². The standard InChI is InChI=1S/C23H21N3O2/c1-18-12-14-20(15-13-18)17-25-23(28)26(21-10-6-3-7-11-21)22(27)24(25)16-19-8-4-2-5-9-19/h2-15H,16-17H2,1H3. The fraction of sp³-hybridized carbons (Fsp3) is 0.130. The minimum absolute atomic E-state index is 0.334. The van der Waals surface area contributed by atoms with Gasteiger partial charge in [0.25, 0.3) is 0 Å². The molecule has 0 N–H and O–H groups in total. The molecule has 4 rings (SSSR count). The quantitative estimate of drug-likeness (QED) is 0.541. The van der Waals surface area contributed by atoms with Crippen molar-refractivity contribution >= 4 is 0 Å². The van der Waals surface area contributed by atoms with Gasteiger partial charge in [0, 0.05) is 0 Å². The predicted molar refractivity (Wildman–Crippen MR) is 110 cm³/mol. The number of para-hydroxylation sites is 1. The lowest BCUT2D eigenvalue weighted by atomic mass is 10.1. The maximum Gasteiger partial charge on any atom is 0.352 e. The summed E-state index contributed by atoms with van der Waals surface area (Å²) in [5.74, 6) is 0. The van der Waals surface area contributed by atoms with Crippen LogP contribution in [0.5, 0.6) is 0 Å². The third-order valence-corrected chi connectivity index (χ3v) is 4.76. The van der Waals surface area contributed by atoms with Crippen molar-refractivity contribution in [3.8, 4) is 5.69 Å². The summed E-state index contributed by atoms with van der Waals surface area (Å²) in [5, 5.41) is 0. The maximum atomic E-state index is 13.2. The number of nitrogens with zero attached hydrogens (tertiary/aromatic N) is 3. The van der Waals surface area contributed by atoms with E-state index in [4.69, 9.17) is 0 Å². The van der Waals surface area contributed by atoms with Gasteiger partial charge in [0.2, 0.25) is 0 Å². The van der Waals surface area contributed by atoms with Crippen LogP contribution < -0.4 is 11.4 Å². The molecule has 3 aromatic carbocycles. The van der Waals surface area contributed by atoms with Crippen molar-refractivity contribution in [2.45, 2.75) is 20.0 Å². The average Bonchev–Trinajstić information content (AvgIpc) is 2.95. The highest BCUT2D eigenvalue weighted by Crippen LogP contribution is 2.07. The van der Waals surface area contributed by atoms with E-state index in [0.717, 1.165) is 16.7 Å². The summed E-state index contributed by atoms with van der Waals surface area (Å²) in [4.78, 5) is 26.3. The van der Waals surface area contributed by atoms with Gasteiger partial charge in [-0.15, -0.1) is 0 Å². The first-order chi connectivity index (χ1) is 13.6. The first kappa shape index (κ1) is 17.8. The Bertz CT molecular complexity index is 1180. The monoisotopic (exact) mass is 371 g/mol. The Morgan fingerprint density at radius 3 is 1.61 bits per heavy atom. The second kappa shape index (κ2) is 7.56. The summed E-state index contributed by atoms with van der Waals surface area (Å²) in [6, 6.07) is 26.7. The second-order valence-corrected chi connectivity index (χ2v) is 6.82. The van der Waals surface area contributed by atoms with Crippen molar-refractivity contribution in [3.05, 3.63) is 123 Å². The van der Waals surface area contributed by atoms with Crippen LogP contribution in [0.2, 0.25) is 0 Å². The number of benzene rings is 3. The van der Waals surface area contributed by atoms with Gasteiger partial charge in [-0.25, -0.2) is 23.5 Å². The highest BCUT2D eigenvalue weighted by Gasteiger charge is 2.17. The van der Waals surface area contributed by atoms with Crippen LogP contribution in [-0.2, 0) is 13.1 Å². The van der Waals surface area contributed by atoms with E-state index in [1.165, 1.54) is 13.9 Å². The van der Waals surface area contributed by atoms with Crippen LogP contribution >= 0.6 is 0 Å². The summed E-state index contributed by atoms with van der Waals surface area (Å²) in [5.41, 5.74) is 2.98. The number of hydrogen-bond donors (Lipinski definition) is 0. The molecule has 28 heavy (non-hydrogen) atoms. The van der Waals surface area contributed by atoms with Gasteiger partial charge in [-0.1, -0.05) is 78.4 Å². The SMILES string of the molecule is Cc1ccc(Cn2c(=O)n(-c3ccccc3)c(=O)n2Cc2ccccc2)cc1. The first-order valence-electron chi connectivity index (χ1n) is 9.21. The fourth-order valence-electron chi connectivity index (χ4n) is 3.25. The first-order valence-corrected chi connectivity index (χ1v) is 9.21. The molecule has 0 aliphatic heterocycles. The van der Waals surface area contributed by atoms with Crippen molar-refractivity contribution in [1.29, 1.82) is 0 Å². The molecule has 0 atom stereocenters. The van der Waals surface area contributed by atoms with Gasteiger partial charge >= 0.3 is 11.4 Å². The molecule has 0 bridgehead atoms. The van der Waals surface area contributed by atoms with Gasteiger partial charge in [-0.2, -0.15) is 0 Å². The lowest BCUT2D eigenvalue weighted by Crippen LogP contribution is -2.27. The van der Waals surface area contributed by atoms with Crippen LogP contribution in [0.3, 0.4) is 0 Å².